The minimum atomic E-state index is -6.09. The fourth-order valence-corrected chi connectivity index (χ4v) is 4.90. The van der Waals surface area contributed by atoms with Crippen LogP contribution in [0.5, 0.6) is 0 Å². The molecule has 0 aromatic heterocycles. The number of rotatable bonds is 6. The van der Waals surface area contributed by atoms with Crippen LogP contribution in [-0.2, 0) is 10.1 Å². The largest absolute Gasteiger partial charge is 0.741 e. The zero-order valence-corrected chi connectivity index (χ0v) is 26.2. The number of anilines is 4. The summed E-state index contributed by atoms with van der Waals surface area (Å²) in [5.41, 5.74) is 0.673. The molecule has 0 heterocycles. The lowest BCUT2D eigenvalue weighted by molar-refractivity contribution is -0.0517. The van der Waals surface area contributed by atoms with Crippen LogP contribution in [0, 0.1) is 0 Å². The van der Waals surface area contributed by atoms with Crippen molar-refractivity contribution in [2.45, 2.75) is 5.51 Å². The van der Waals surface area contributed by atoms with Gasteiger partial charge in [0, 0.05) is 0 Å². The maximum Gasteiger partial charge on any atom is 0.485 e. The SMILES string of the molecule is O=S(=O)([O-])C(F)(F)F.c1ccc(N(C(N(c2ccccc2)c2ccccc2)=[N+](c2ccccc2)c2ccccc2)c2ccccc2)cc1. The molecule has 0 fully saturated rings. The van der Waals surface area contributed by atoms with Crippen LogP contribution in [0.15, 0.2) is 182 Å². The molecule has 0 bridgehead atoms. The summed E-state index contributed by atoms with van der Waals surface area (Å²) in [7, 11) is -6.09. The molecule has 0 N–H and O–H groups in total. The molecule has 6 aromatic rings. The number of hydrogen-bond acceptors (Lipinski definition) is 3. The topological polar surface area (TPSA) is 66.7 Å². The summed E-state index contributed by atoms with van der Waals surface area (Å²) < 4.78 is 61.2. The average Bonchev–Trinajstić information content (AvgIpc) is 3.11. The molecule has 0 aliphatic carbocycles. The molecular weight excluding hydrogens is 635 g/mol. The lowest BCUT2D eigenvalue weighted by atomic mass is 10.2. The first-order valence-corrected chi connectivity index (χ1v) is 16.2. The zero-order valence-electron chi connectivity index (χ0n) is 25.4. The van der Waals surface area contributed by atoms with E-state index < -0.39 is 15.6 Å². The second kappa shape index (κ2) is 15.3. The molecule has 6 aromatic carbocycles. The normalized spacial score (nSPS) is 11.1. The van der Waals surface area contributed by atoms with Gasteiger partial charge in [0.25, 0.3) is 0 Å². The van der Waals surface area contributed by atoms with E-state index in [2.05, 4.69) is 196 Å². The van der Waals surface area contributed by atoms with E-state index in [1.54, 1.807) is 0 Å². The molecule has 0 saturated heterocycles. The molecule has 0 saturated carbocycles. The predicted molar refractivity (Wildman–Crippen MR) is 185 cm³/mol. The summed E-state index contributed by atoms with van der Waals surface area (Å²) in [6.07, 6.45) is 0. The summed E-state index contributed by atoms with van der Waals surface area (Å²) in [4.78, 5) is 4.67. The van der Waals surface area contributed by atoms with E-state index in [0.717, 1.165) is 40.1 Å². The molecule has 0 aliphatic heterocycles. The first kappa shape index (κ1) is 33.6. The number of nitrogens with zero attached hydrogens (tertiary/aromatic N) is 3. The van der Waals surface area contributed by atoms with Crippen LogP contribution in [0.4, 0.5) is 47.3 Å². The number of alkyl halides is 3. The van der Waals surface area contributed by atoms with Crippen molar-refractivity contribution < 1.29 is 26.1 Å². The van der Waals surface area contributed by atoms with E-state index in [-0.39, 0.29) is 0 Å². The van der Waals surface area contributed by atoms with Crippen molar-refractivity contribution >= 4 is 50.2 Å². The Hall–Kier alpha value is -5.71. The smallest absolute Gasteiger partial charge is 0.485 e. The highest BCUT2D eigenvalue weighted by molar-refractivity contribution is 7.86. The maximum absolute atomic E-state index is 10.7. The minimum Gasteiger partial charge on any atom is -0.741 e. The van der Waals surface area contributed by atoms with Crippen LogP contribution < -0.4 is 14.4 Å². The fourth-order valence-electron chi connectivity index (χ4n) is 4.90. The third-order valence-electron chi connectivity index (χ3n) is 6.97. The van der Waals surface area contributed by atoms with Gasteiger partial charge in [-0.25, -0.2) is 8.42 Å². The minimum absolute atomic E-state index is 0.951. The van der Waals surface area contributed by atoms with Gasteiger partial charge in [-0.05, 0) is 72.8 Å². The van der Waals surface area contributed by atoms with Gasteiger partial charge in [-0.3, -0.25) is 0 Å². The Morgan fingerprint density at radius 3 is 0.875 bits per heavy atom. The van der Waals surface area contributed by atoms with Gasteiger partial charge in [0.1, 0.15) is 34.1 Å². The monoisotopic (exact) mass is 665 g/mol. The van der Waals surface area contributed by atoms with Crippen LogP contribution in [-0.4, -0.2) is 24.4 Å². The Labute approximate surface area is 277 Å². The van der Waals surface area contributed by atoms with Crippen molar-refractivity contribution in [1.82, 2.24) is 4.58 Å². The molecule has 0 spiro atoms. The number of hydrogen-bond donors (Lipinski definition) is 0. The molecular formula is C38H30F3N3O3S. The lowest BCUT2D eigenvalue weighted by Crippen LogP contribution is -2.45. The molecule has 0 amide bonds. The van der Waals surface area contributed by atoms with E-state index in [0.29, 0.717) is 0 Å². The Morgan fingerprint density at radius 1 is 0.458 bits per heavy atom. The first-order valence-electron chi connectivity index (χ1n) is 14.7. The summed E-state index contributed by atoms with van der Waals surface area (Å²) in [6, 6.07) is 63.4. The Morgan fingerprint density at radius 2 is 0.667 bits per heavy atom. The molecule has 242 valence electrons. The van der Waals surface area contributed by atoms with E-state index in [1.807, 2.05) is 0 Å². The van der Waals surface area contributed by atoms with E-state index in [1.165, 1.54) is 0 Å². The standard InChI is InChI=1S/C37H30N3.CHF3O3S/c1-7-19-31(20-8-1)38(32-21-9-2-10-22-32)37(39(33-23-11-3-12-24-33)34-25-13-4-14-26-34)40(35-27-15-5-16-28-35)36-29-17-6-18-30-36;2-1(3,4)8(5,6)7/h1-30H;(H,5,6,7)/q+1;/p-1. The van der Waals surface area contributed by atoms with Crippen LogP contribution in [0.3, 0.4) is 0 Å². The van der Waals surface area contributed by atoms with Crippen LogP contribution >= 0.6 is 0 Å². The zero-order chi connectivity index (χ0) is 34.0. The summed E-state index contributed by atoms with van der Waals surface area (Å²) in [5, 5.41) is 0. The highest BCUT2D eigenvalue weighted by Gasteiger charge is 2.37. The van der Waals surface area contributed by atoms with Crippen LogP contribution in [0.25, 0.3) is 0 Å². The van der Waals surface area contributed by atoms with Gasteiger partial charge in [0.15, 0.2) is 10.1 Å². The second-order valence-corrected chi connectivity index (χ2v) is 11.6. The molecule has 6 nitrogen and oxygen atoms in total. The second-order valence-electron chi connectivity index (χ2n) is 10.2. The van der Waals surface area contributed by atoms with Crippen molar-refractivity contribution in [3.8, 4) is 0 Å². The van der Waals surface area contributed by atoms with Gasteiger partial charge < -0.3 is 4.55 Å². The van der Waals surface area contributed by atoms with Crippen molar-refractivity contribution in [3.05, 3.63) is 182 Å². The molecule has 0 radical (unpaired) electrons. The van der Waals surface area contributed by atoms with E-state index in [9.17, 15) is 13.2 Å². The highest BCUT2D eigenvalue weighted by Crippen LogP contribution is 2.35. The molecule has 10 heteroatoms. The molecule has 0 unspecified atom stereocenters. The number of halogens is 3. The van der Waals surface area contributed by atoms with Gasteiger partial charge in [-0.2, -0.15) is 27.5 Å². The van der Waals surface area contributed by atoms with E-state index in [4.69, 9.17) is 13.0 Å². The third-order valence-corrected chi connectivity index (χ3v) is 7.54. The van der Waals surface area contributed by atoms with Gasteiger partial charge in [-0.1, -0.05) is 109 Å². The number of benzene rings is 6. The lowest BCUT2D eigenvalue weighted by Gasteiger charge is -2.30. The van der Waals surface area contributed by atoms with Gasteiger partial charge in [0.2, 0.25) is 0 Å². The van der Waals surface area contributed by atoms with Crippen LogP contribution in [0.2, 0.25) is 0 Å². The molecule has 48 heavy (non-hydrogen) atoms. The maximum atomic E-state index is 10.7. The van der Waals surface area contributed by atoms with Crippen LogP contribution in [0.1, 0.15) is 0 Å². The molecule has 6 rings (SSSR count). The quantitative estimate of drug-likeness (QED) is 0.0583. The molecule has 0 aliphatic rings. The summed E-state index contributed by atoms with van der Waals surface area (Å²) in [5.74, 6) is 0.951. The van der Waals surface area contributed by atoms with E-state index >= 15 is 0 Å². The predicted octanol–water partition coefficient (Wildman–Crippen LogP) is 9.61. The first-order chi connectivity index (χ1) is 23.1. The van der Waals surface area contributed by atoms with Gasteiger partial charge >= 0.3 is 11.5 Å². The van der Waals surface area contributed by atoms with Crippen molar-refractivity contribution in [2.75, 3.05) is 9.80 Å². The molecule has 0 atom stereocenters. The van der Waals surface area contributed by atoms with Gasteiger partial charge in [0.05, 0.1) is 0 Å². The fraction of sp³-hybridized carbons (Fsp3) is 0.0263. The average molecular weight is 666 g/mol. The summed E-state index contributed by atoms with van der Waals surface area (Å²) in [6.45, 7) is 0. The van der Waals surface area contributed by atoms with Crippen molar-refractivity contribution in [2.24, 2.45) is 0 Å². The Bertz CT molecular complexity index is 1810. The number of para-hydroxylation sites is 6. The number of guanidine groups is 1. The van der Waals surface area contributed by atoms with Crippen molar-refractivity contribution in [3.63, 3.8) is 0 Å². The third kappa shape index (κ3) is 8.16. The highest BCUT2D eigenvalue weighted by atomic mass is 32.2. The Balaban J connectivity index is 0.000000503. The Kier molecular flexibility index (Phi) is 10.7. The van der Waals surface area contributed by atoms with Crippen molar-refractivity contribution in [1.29, 1.82) is 0 Å². The van der Waals surface area contributed by atoms with Gasteiger partial charge in [-0.15, -0.1) is 0 Å². The summed E-state index contributed by atoms with van der Waals surface area (Å²) >= 11 is 0.